The van der Waals surface area contributed by atoms with Crippen molar-refractivity contribution in [1.82, 2.24) is 19.7 Å². The number of nitrogens with zero attached hydrogens (tertiary/aromatic N) is 4. The van der Waals surface area contributed by atoms with E-state index in [1.165, 1.54) is 46.8 Å². The highest BCUT2D eigenvalue weighted by Crippen LogP contribution is 2.29. The average Bonchev–Trinajstić information content (AvgIpc) is 3.35. The second-order valence-electron chi connectivity index (χ2n) is 7.94. The molecule has 5 rings (SSSR count). The largest absolute Gasteiger partial charge is 0.292 e. The number of aromatic nitrogens is 3. The summed E-state index contributed by atoms with van der Waals surface area (Å²) in [5.41, 5.74) is 3.73. The maximum absolute atomic E-state index is 12.4. The van der Waals surface area contributed by atoms with E-state index in [1.54, 1.807) is 4.68 Å². The fraction of sp³-hybridized carbons (Fsp3) is 0.650. The number of hydrogen-bond acceptors (Lipinski definition) is 5. The third kappa shape index (κ3) is 3.14. The van der Waals surface area contributed by atoms with Crippen LogP contribution in [0.3, 0.4) is 0 Å². The Labute approximate surface area is 158 Å². The van der Waals surface area contributed by atoms with Gasteiger partial charge in [-0.3, -0.25) is 9.69 Å². The first-order valence-electron chi connectivity index (χ1n) is 10.1. The molecule has 6 heteroatoms. The summed E-state index contributed by atoms with van der Waals surface area (Å²) in [4.78, 5) is 21.4. The van der Waals surface area contributed by atoms with Crippen LogP contribution >= 0.6 is 11.3 Å². The molecule has 2 aliphatic carbocycles. The average molecular weight is 371 g/mol. The predicted octanol–water partition coefficient (Wildman–Crippen LogP) is 2.73. The molecule has 1 unspecified atom stereocenters. The highest BCUT2D eigenvalue weighted by Gasteiger charge is 2.27. The van der Waals surface area contributed by atoms with Crippen LogP contribution in [0.2, 0.25) is 0 Å². The molecule has 0 bridgehead atoms. The van der Waals surface area contributed by atoms with Gasteiger partial charge < -0.3 is 0 Å². The fourth-order valence-corrected chi connectivity index (χ4v) is 5.91. The normalized spacial score (nSPS) is 22.5. The zero-order valence-corrected chi connectivity index (χ0v) is 16.1. The number of hydrogen-bond donors (Lipinski definition) is 0. The van der Waals surface area contributed by atoms with Gasteiger partial charge in [-0.05, 0) is 69.9 Å². The van der Waals surface area contributed by atoms with Gasteiger partial charge in [0.2, 0.25) is 0 Å². The molecule has 26 heavy (non-hydrogen) atoms. The van der Waals surface area contributed by atoms with E-state index in [0.717, 1.165) is 57.4 Å². The molecule has 3 aliphatic rings. The minimum absolute atomic E-state index is 0.0715. The van der Waals surface area contributed by atoms with E-state index in [4.69, 9.17) is 4.98 Å². The standard InChI is InChI=1S/C20H26N4OS/c25-20-11-14-5-3-8-16(14)22-24(20)12-15-6-4-10-23(15)13-19-21-17-7-1-2-9-18(17)26-19/h11,15H,1-10,12-13H2. The number of thiazole rings is 1. The first-order chi connectivity index (χ1) is 12.8. The predicted molar refractivity (Wildman–Crippen MR) is 103 cm³/mol. The van der Waals surface area contributed by atoms with Crippen molar-refractivity contribution in [3.05, 3.63) is 43.3 Å². The van der Waals surface area contributed by atoms with E-state index >= 15 is 0 Å². The van der Waals surface area contributed by atoms with E-state index in [2.05, 4.69) is 10.00 Å². The van der Waals surface area contributed by atoms with Gasteiger partial charge in [-0.1, -0.05) is 0 Å². The van der Waals surface area contributed by atoms with E-state index in [0.29, 0.717) is 6.04 Å². The monoisotopic (exact) mass is 370 g/mol. The second kappa shape index (κ2) is 6.89. The second-order valence-corrected chi connectivity index (χ2v) is 9.11. The maximum atomic E-state index is 12.4. The number of aryl methyl sites for hydroxylation is 4. The number of likely N-dealkylation sites (tertiary alicyclic amines) is 1. The van der Waals surface area contributed by atoms with Crippen molar-refractivity contribution in [3.8, 4) is 0 Å². The highest BCUT2D eigenvalue weighted by atomic mass is 32.1. The molecular weight excluding hydrogens is 344 g/mol. The summed E-state index contributed by atoms with van der Waals surface area (Å²) >= 11 is 1.91. The highest BCUT2D eigenvalue weighted by molar-refractivity contribution is 7.11. The van der Waals surface area contributed by atoms with E-state index in [1.807, 2.05) is 17.4 Å². The fourth-order valence-electron chi connectivity index (χ4n) is 4.73. The summed E-state index contributed by atoms with van der Waals surface area (Å²) in [5.74, 6) is 0. The molecule has 1 fully saturated rings. The molecule has 0 N–H and O–H groups in total. The van der Waals surface area contributed by atoms with Gasteiger partial charge in [0.15, 0.2) is 0 Å². The molecular formula is C20H26N4OS. The lowest BCUT2D eigenvalue weighted by Gasteiger charge is -2.23. The molecule has 0 spiro atoms. The molecule has 0 radical (unpaired) electrons. The summed E-state index contributed by atoms with van der Waals surface area (Å²) in [6.07, 6.45) is 10.5. The summed E-state index contributed by atoms with van der Waals surface area (Å²) in [6, 6.07) is 2.23. The number of rotatable bonds is 4. The summed E-state index contributed by atoms with van der Waals surface area (Å²) in [7, 11) is 0. The Morgan fingerprint density at radius 3 is 2.88 bits per heavy atom. The van der Waals surface area contributed by atoms with Crippen LogP contribution in [0.25, 0.3) is 0 Å². The van der Waals surface area contributed by atoms with Crippen LogP contribution in [-0.4, -0.2) is 32.3 Å². The Kier molecular flexibility index (Phi) is 4.41. The molecule has 0 amide bonds. The molecule has 2 aromatic rings. The van der Waals surface area contributed by atoms with Crippen molar-refractivity contribution in [2.45, 2.75) is 76.9 Å². The smallest absolute Gasteiger partial charge is 0.267 e. The molecule has 1 atom stereocenters. The van der Waals surface area contributed by atoms with Crippen LogP contribution in [0.1, 0.15) is 58.9 Å². The quantitative estimate of drug-likeness (QED) is 0.830. The third-order valence-corrected chi connectivity index (χ3v) is 7.28. The van der Waals surface area contributed by atoms with Gasteiger partial charge >= 0.3 is 0 Å². The van der Waals surface area contributed by atoms with Gasteiger partial charge in [-0.2, -0.15) is 5.10 Å². The van der Waals surface area contributed by atoms with Crippen LogP contribution in [-0.2, 0) is 38.8 Å². The van der Waals surface area contributed by atoms with Crippen LogP contribution in [0, 0.1) is 0 Å². The third-order valence-electron chi connectivity index (χ3n) is 6.13. The topological polar surface area (TPSA) is 51.0 Å². The van der Waals surface area contributed by atoms with Crippen LogP contribution in [0.4, 0.5) is 0 Å². The van der Waals surface area contributed by atoms with Gasteiger partial charge in [-0.25, -0.2) is 9.67 Å². The molecule has 3 heterocycles. The first kappa shape index (κ1) is 16.6. The van der Waals surface area contributed by atoms with Crippen molar-refractivity contribution in [2.24, 2.45) is 0 Å². The van der Waals surface area contributed by atoms with Gasteiger partial charge in [0.25, 0.3) is 5.56 Å². The van der Waals surface area contributed by atoms with Gasteiger partial charge in [0.05, 0.1) is 24.5 Å². The van der Waals surface area contributed by atoms with E-state index < -0.39 is 0 Å². The Morgan fingerprint density at radius 2 is 1.96 bits per heavy atom. The van der Waals surface area contributed by atoms with Crippen LogP contribution in [0.5, 0.6) is 0 Å². The van der Waals surface area contributed by atoms with Gasteiger partial charge in [0, 0.05) is 17.0 Å². The van der Waals surface area contributed by atoms with E-state index in [9.17, 15) is 4.79 Å². The lowest BCUT2D eigenvalue weighted by Crippen LogP contribution is -2.37. The first-order valence-corrected chi connectivity index (χ1v) is 10.9. The van der Waals surface area contributed by atoms with Crippen molar-refractivity contribution in [3.63, 3.8) is 0 Å². The van der Waals surface area contributed by atoms with Crippen molar-refractivity contribution in [2.75, 3.05) is 6.54 Å². The molecule has 0 saturated carbocycles. The minimum atomic E-state index is 0.0715. The molecule has 0 aromatic carbocycles. The van der Waals surface area contributed by atoms with Crippen molar-refractivity contribution < 1.29 is 0 Å². The van der Waals surface area contributed by atoms with Crippen LogP contribution < -0.4 is 5.56 Å². The molecule has 1 saturated heterocycles. The molecule has 138 valence electrons. The Hall–Kier alpha value is -1.53. The zero-order valence-electron chi connectivity index (χ0n) is 15.2. The SMILES string of the molecule is O=c1cc2c(nn1CC1CCCN1Cc1nc3c(s1)CCCC3)CCC2. The lowest BCUT2D eigenvalue weighted by molar-refractivity contribution is 0.216. The molecule has 5 nitrogen and oxygen atoms in total. The Morgan fingerprint density at radius 1 is 1.08 bits per heavy atom. The summed E-state index contributed by atoms with van der Waals surface area (Å²) in [6.45, 7) is 2.76. The molecule has 2 aromatic heterocycles. The number of fused-ring (bicyclic) bond motifs is 2. The van der Waals surface area contributed by atoms with Gasteiger partial charge in [-0.15, -0.1) is 11.3 Å². The zero-order chi connectivity index (χ0) is 17.5. The van der Waals surface area contributed by atoms with E-state index in [-0.39, 0.29) is 5.56 Å². The Bertz CT molecular complexity index is 848. The summed E-state index contributed by atoms with van der Waals surface area (Å²) < 4.78 is 1.72. The maximum Gasteiger partial charge on any atom is 0.267 e. The Balaban J connectivity index is 1.32. The summed E-state index contributed by atoms with van der Waals surface area (Å²) in [5, 5.41) is 5.94. The van der Waals surface area contributed by atoms with Crippen molar-refractivity contribution >= 4 is 11.3 Å². The lowest BCUT2D eigenvalue weighted by atomic mass is 10.0. The minimum Gasteiger partial charge on any atom is -0.292 e. The molecule has 1 aliphatic heterocycles. The van der Waals surface area contributed by atoms with Gasteiger partial charge in [0.1, 0.15) is 5.01 Å². The van der Waals surface area contributed by atoms with Crippen LogP contribution in [0.15, 0.2) is 10.9 Å². The van der Waals surface area contributed by atoms with Crippen molar-refractivity contribution in [1.29, 1.82) is 0 Å².